The molecule has 2 amide bonds. The number of carbonyl (C=O) groups is 2. The molecular weight excluding hydrogens is 246 g/mol. The average molecular weight is 265 g/mol. The highest BCUT2D eigenvalue weighted by Crippen LogP contribution is 2.16. The van der Waals surface area contributed by atoms with Crippen molar-refractivity contribution in [1.29, 1.82) is 0 Å². The number of urea groups is 1. The maximum absolute atomic E-state index is 12.0. The maximum Gasteiger partial charge on any atom is 0.356 e. The van der Waals surface area contributed by atoms with E-state index in [1.54, 1.807) is 13.1 Å². The normalized spacial score (nSPS) is 10.9. The molecule has 0 saturated heterocycles. The Morgan fingerprint density at radius 2 is 2.05 bits per heavy atom. The minimum atomic E-state index is -1.17. The van der Waals surface area contributed by atoms with Crippen molar-refractivity contribution in [1.82, 2.24) is 9.88 Å². The molecule has 0 bridgehead atoms. The van der Waals surface area contributed by atoms with Crippen LogP contribution in [-0.4, -0.2) is 40.6 Å². The first-order valence-electron chi connectivity index (χ1n) is 5.91. The van der Waals surface area contributed by atoms with Crippen molar-refractivity contribution >= 4 is 17.7 Å². The lowest BCUT2D eigenvalue weighted by Gasteiger charge is -2.26. The molecular formula is C13H19N3O3. The number of aromatic nitrogens is 1. The number of pyridine rings is 1. The van der Waals surface area contributed by atoms with Gasteiger partial charge in [-0.2, -0.15) is 0 Å². The van der Waals surface area contributed by atoms with E-state index in [-0.39, 0.29) is 22.8 Å². The summed E-state index contributed by atoms with van der Waals surface area (Å²) in [5.41, 5.74) is -0.00261. The van der Waals surface area contributed by atoms with Crippen LogP contribution in [0, 0.1) is 5.41 Å². The van der Waals surface area contributed by atoms with Gasteiger partial charge in [-0.3, -0.25) is 0 Å². The third kappa shape index (κ3) is 4.57. The van der Waals surface area contributed by atoms with Gasteiger partial charge in [0.05, 0.1) is 5.69 Å². The van der Waals surface area contributed by atoms with Gasteiger partial charge in [0.15, 0.2) is 5.69 Å². The third-order valence-electron chi connectivity index (χ3n) is 2.31. The minimum absolute atomic E-state index is 0.0311. The summed E-state index contributed by atoms with van der Waals surface area (Å²) in [5.74, 6) is -1.17. The molecule has 0 aliphatic heterocycles. The molecule has 1 rings (SSSR count). The summed E-state index contributed by atoms with van der Waals surface area (Å²) in [6, 6.07) is 2.73. The van der Waals surface area contributed by atoms with Crippen LogP contribution in [0.3, 0.4) is 0 Å². The van der Waals surface area contributed by atoms with Crippen LogP contribution in [0.2, 0.25) is 0 Å². The first kappa shape index (κ1) is 14.9. The lowest BCUT2D eigenvalue weighted by atomic mass is 9.96. The van der Waals surface area contributed by atoms with E-state index in [0.29, 0.717) is 6.54 Å². The number of hydrogen-bond donors (Lipinski definition) is 2. The summed E-state index contributed by atoms with van der Waals surface area (Å²) < 4.78 is 0. The zero-order valence-electron chi connectivity index (χ0n) is 11.6. The van der Waals surface area contributed by atoms with Crippen molar-refractivity contribution in [2.24, 2.45) is 5.41 Å². The quantitative estimate of drug-likeness (QED) is 0.878. The molecule has 0 aliphatic carbocycles. The van der Waals surface area contributed by atoms with Crippen LogP contribution < -0.4 is 5.32 Å². The summed E-state index contributed by atoms with van der Waals surface area (Å²) in [7, 11) is 1.66. The highest BCUT2D eigenvalue weighted by Gasteiger charge is 2.19. The summed E-state index contributed by atoms with van der Waals surface area (Å²) in [6.45, 7) is 6.61. The van der Waals surface area contributed by atoms with E-state index in [0.717, 1.165) is 0 Å². The number of rotatable bonds is 3. The Labute approximate surface area is 112 Å². The molecule has 0 saturated carbocycles. The molecule has 0 spiro atoms. The van der Waals surface area contributed by atoms with Crippen LogP contribution in [-0.2, 0) is 0 Å². The van der Waals surface area contributed by atoms with Gasteiger partial charge in [0.2, 0.25) is 0 Å². The summed E-state index contributed by atoms with van der Waals surface area (Å²) >= 11 is 0. The van der Waals surface area contributed by atoms with E-state index in [9.17, 15) is 9.59 Å². The molecule has 0 fully saturated rings. The fourth-order valence-electron chi connectivity index (χ4n) is 1.67. The van der Waals surface area contributed by atoms with E-state index < -0.39 is 5.97 Å². The van der Waals surface area contributed by atoms with Gasteiger partial charge in [0.25, 0.3) is 0 Å². The Morgan fingerprint density at radius 1 is 1.42 bits per heavy atom. The van der Waals surface area contributed by atoms with Gasteiger partial charge in [-0.05, 0) is 17.5 Å². The van der Waals surface area contributed by atoms with Crippen molar-refractivity contribution in [3.8, 4) is 0 Å². The molecule has 19 heavy (non-hydrogen) atoms. The van der Waals surface area contributed by atoms with Gasteiger partial charge in [-0.25, -0.2) is 14.6 Å². The summed E-state index contributed by atoms with van der Waals surface area (Å²) in [4.78, 5) is 28.2. The number of aromatic carboxylic acids is 1. The number of amides is 2. The van der Waals surface area contributed by atoms with Crippen molar-refractivity contribution in [3.05, 3.63) is 24.0 Å². The smallest absolute Gasteiger partial charge is 0.356 e. The predicted molar refractivity (Wildman–Crippen MR) is 72.3 cm³/mol. The highest BCUT2D eigenvalue weighted by atomic mass is 16.4. The average Bonchev–Trinajstić information content (AvgIpc) is 2.27. The first-order chi connectivity index (χ1) is 8.70. The zero-order chi connectivity index (χ0) is 14.6. The minimum Gasteiger partial charge on any atom is -0.476 e. The number of nitrogens with one attached hydrogen (secondary N) is 1. The van der Waals surface area contributed by atoms with Gasteiger partial charge in [-0.15, -0.1) is 0 Å². The molecule has 0 aromatic carbocycles. The molecule has 1 aromatic heterocycles. The van der Waals surface area contributed by atoms with Crippen molar-refractivity contribution in [2.75, 3.05) is 18.9 Å². The second kappa shape index (κ2) is 5.69. The molecule has 104 valence electrons. The summed E-state index contributed by atoms with van der Waals surface area (Å²) in [6.07, 6.45) is 1.37. The van der Waals surface area contributed by atoms with Gasteiger partial charge in [0, 0.05) is 19.8 Å². The highest BCUT2D eigenvalue weighted by molar-refractivity contribution is 5.98. The largest absolute Gasteiger partial charge is 0.476 e. The van der Waals surface area contributed by atoms with Crippen molar-refractivity contribution in [3.63, 3.8) is 0 Å². The van der Waals surface area contributed by atoms with Gasteiger partial charge in [0.1, 0.15) is 0 Å². The molecule has 0 aliphatic rings. The standard InChI is InChI=1S/C13H19N3O3/c1-13(2,3)8-16(4)12(19)15-9-6-5-7-14-10(9)11(17)18/h5-7H,8H2,1-4H3,(H,15,19)(H,17,18). The second-order valence-corrected chi connectivity index (χ2v) is 5.55. The number of nitrogens with zero attached hydrogens (tertiary/aromatic N) is 2. The number of hydrogen-bond acceptors (Lipinski definition) is 3. The van der Waals surface area contributed by atoms with E-state index in [1.807, 2.05) is 20.8 Å². The molecule has 6 nitrogen and oxygen atoms in total. The lowest BCUT2D eigenvalue weighted by molar-refractivity contribution is 0.0691. The maximum atomic E-state index is 12.0. The van der Waals surface area contributed by atoms with E-state index in [4.69, 9.17) is 5.11 Å². The first-order valence-corrected chi connectivity index (χ1v) is 5.91. The van der Waals surface area contributed by atoms with Crippen LogP contribution in [0.25, 0.3) is 0 Å². The van der Waals surface area contributed by atoms with E-state index >= 15 is 0 Å². The van der Waals surface area contributed by atoms with Gasteiger partial charge in [-0.1, -0.05) is 20.8 Å². The number of carbonyl (C=O) groups excluding carboxylic acids is 1. The molecule has 2 N–H and O–H groups in total. The molecule has 0 radical (unpaired) electrons. The molecule has 0 atom stereocenters. The van der Waals surface area contributed by atoms with Crippen molar-refractivity contribution in [2.45, 2.75) is 20.8 Å². The molecule has 1 heterocycles. The van der Waals surface area contributed by atoms with Crippen molar-refractivity contribution < 1.29 is 14.7 Å². The third-order valence-corrected chi connectivity index (χ3v) is 2.31. The molecule has 6 heteroatoms. The van der Waals surface area contributed by atoms with Gasteiger partial charge < -0.3 is 15.3 Å². The summed E-state index contributed by atoms with van der Waals surface area (Å²) in [5, 5.41) is 11.5. The van der Waals surface area contributed by atoms with E-state index in [2.05, 4.69) is 10.3 Å². The fourth-order valence-corrected chi connectivity index (χ4v) is 1.67. The van der Waals surface area contributed by atoms with Crippen LogP contribution in [0.4, 0.5) is 10.5 Å². The topological polar surface area (TPSA) is 82.5 Å². The number of carboxylic acids is 1. The Morgan fingerprint density at radius 3 is 2.58 bits per heavy atom. The Hall–Kier alpha value is -2.11. The second-order valence-electron chi connectivity index (χ2n) is 5.55. The van der Waals surface area contributed by atoms with Gasteiger partial charge >= 0.3 is 12.0 Å². The zero-order valence-corrected chi connectivity index (χ0v) is 11.6. The van der Waals surface area contributed by atoms with Crippen LogP contribution in [0.15, 0.2) is 18.3 Å². The molecule has 1 aromatic rings. The van der Waals surface area contributed by atoms with Crippen LogP contribution in [0.1, 0.15) is 31.3 Å². The fraction of sp³-hybridized carbons (Fsp3) is 0.462. The van der Waals surface area contributed by atoms with Crippen LogP contribution >= 0.6 is 0 Å². The predicted octanol–water partition coefficient (Wildman–Crippen LogP) is 2.29. The Bertz CT molecular complexity index is 480. The van der Waals surface area contributed by atoms with E-state index in [1.165, 1.54) is 17.2 Å². The number of carboxylic acid groups (broad SMARTS) is 1. The van der Waals surface area contributed by atoms with Crippen LogP contribution in [0.5, 0.6) is 0 Å². The molecule has 0 unspecified atom stereocenters. The lowest BCUT2D eigenvalue weighted by Crippen LogP contribution is -2.37. The SMILES string of the molecule is CN(CC(C)(C)C)C(=O)Nc1cccnc1C(=O)O. The number of anilines is 1. The monoisotopic (exact) mass is 265 g/mol. The Balaban J connectivity index is 2.80. The Kier molecular flexibility index (Phi) is 4.47.